The first-order valence-corrected chi connectivity index (χ1v) is 7.83. The standard InChI is InChI=1S/C15H24F3N3/c1-3-5-6-11(4-2)10-21-13-7-8-19-9-12(13)20-14(21)15(16,17)18/h11,19H,3-10H2,1-2H3. The van der Waals surface area contributed by atoms with E-state index in [-0.39, 0.29) is 0 Å². The molecule has 120 valence electrons. The highest BCUT2D eigenvalue weighted by atomic mass is 19.4. The SMILES string of the molecule is CCCCC(CC)Cn1c(C(F)(F)F)nc2c1CCNC2. The number of rotatable bonds is 6. The van der Waals surface area contributed by atoms with Crippen molar-refractivity contribution in [2.45, 2.75) is 65.2 Å². The second-order valence-corrected chi connectivity index (χ2v) is 5.78. The highest BCUT2D eigenvalue weighted by Gasteiger charge is 2.39. The van der Waals surface area contributed by atoms with Gasteiger partial charge in [-0.2, -0.15) is 13.2 Å². The molecule has 6 heteroatoms. The number of hydrogen-bond acceptors (Lipinski definition) is 2. The zero-order chi connectivity index (χ0) is 15.5. The molecule has 3 nitrogen and oxygen atoms in total. The third-order valence-corrected chi connectivity index (χ3v) is 4.22. The summed E-state index contributed by atoms with van der Waals surface area (Å²) >= 11 is 0. The first kappa shape index (κ1) is 16.3. The van der Waals surface area contributed by atoms with Crippen LogP contribution in [0.15, 0.2) is 0 Å². The minimum atomic E-state index is -4.37. The molecule has 1 aromatic heterocycles. The Hall–Kier alpha value is -1.04. The minimum absolute atomic E-state index is 0.291. The summed E-state index contributed by atoms with van der Waals surface area (Å²) in [6.07, 6.45) is 0.286. The molecule has 0 saturated heterocycles. The highest BCUT2D eigenvalue weighted by molar-refractivity contribution is 5.21. The lowest BCUT2D eigenvalue weighted by Crippen LogP contribution is -2.26. The summed E-state index contributed by atoms with van der Waals surface area (Å²) in [4.78, 5) is 3.87. The zero-order valence-electron chi connectivity index (χ0n) is 12.8. The summed E-state index contributed by atoms with van der Waals surface area (Å²) in [7, 11) is 0. The monoisotopic (exact) mass is 303 g/mol. The number of hydrogen-bond donors (Lipinski definition) is 1. The molecule has 1 atom stereocenters. The highest BCUT2D eigenvalue weighted by Crippen LogP contribution is 2.32. The van der Waals surface area contributed by atoms with Gasteiger partial charge in [-0.3, -0.25) is 0 Å². The van der Waals surface area contributed by atoms with E-state index in [0.29, 0.717) is 31.1 Å². The molecule has 0 spiro atoms. The van der Waals surface area contributed by atoms with Crippen LogP contribution in [0.5, 0.6) is 0 Å². The van der Waals surface area contributed by atoms with Gasteiger partial charge < -0.3 is 9.88 Å². The van der Waals surface area contributed by atoms with Gasteiger partial charge in [-0.05, 0) is 12.3 Å². The summed E-state index contributed by atoms with van der Waals surface area (Å²) < 4.78 is 41.2. The average molecular weight is 303 g/mol. The largest absolute Gasteiger partial charge is 0.449 e. The molecule has 0 aliphatic carbocycles. The van der Waals surface area contributed by atoms with E-state index in [1.807, 2.05) is 0 Å². The summed E-state index contributed by atoms with van der Waals surface area (Å²) in [5.74, 6) is -0.426. The second-order valence-electron chi connectivity index (χ2n) is 5.78. The van der Waals surface area contributed by atoms with E-state index in [1.54, 1.807) is 0 Å². The van der Waals surface area contributed by atoms with Gasteiger partial charge >= 0.3 is 6.18 Å². The van der Waals surface area contributed by atoms with Crippen molar-refractivity contribution in [2.24, 2.45) is 5.92 Å². The van der Waals surface area contributed by atoms with Crippen LogP contribution in [0.25, 0.3) is 0 Å². The normalized spacial score (nSPS) is 16.8. The molecule has 1 aromatic rings. The number of nitrogens with one attached hydrogen (secondary N) is 1. The quantitative estimate of drug-likeness (QED) is 0.867. The third kappa shape index (κ3) is 3.78. The van der Waals surface area contributed by atoms with Crippen LogP contribution in [0.4, 0.5) is 13.2 Å². The molecule has 0 saturated carbocycles. The van der Waals surface area contributed by atoms with Crippen LogP contribution in [-0.4, -0.2) is 16.1 Å². The van der Waals surface area contributed by atoms with Gasteiger partial charge in [0, 0.05) is 31.7 Å². The van der Waals surface area contributed by atoms with Gasteiger partial charge in [-0.25, -0.2) is 4.98 Å². The third-order valence-electron chi connectivity index (χ3n) is 4.22. The summed E-state index contributed by atoms with van der Waals surface area (Å²) in [6, 6.07) is 0. The molecule has 0 fully saturated rings. The van der Waals surface area contributed by atoms with E-state index in [1.165, 1.54) is 4.57 Å². The Balaban J connectivity index is 2.29. The second kappa shape index (κ2) is 6.81. The van der Waals surface area contributed by atoms with Crippen LogP contribution in [0, 0.1) is 5.92 Å². The fourth-order valence-corrected chi connectivity index (χ4v) is 2.96. The number of imidazole rings is 1. The fourth-order valence-electron chi connectivity index (χ4n) is 2.96. The molecular formula is C15H24F3N3. The van der Waals surface area contributed by atoms with Crippen molar-refractivity contribution in [1.82, 2.24) is 14.9 Å². The fraction of sp³-hybridized carbons (Fsp3) is 0.800. The lowest BCUT2D eigenvalue weighted by atomic mass is 9.99. The molecule has 1 aliphatic heterocycles. The summed E-state index contributed by atoms with van der Waals surface area (Å²) in [5.41, 5.74) is 1.34. The summed E-state index contributed by atoms with van der Waals surface area (Å²) in [5, 5.41) is 3.09. The van der Waals surface area contributed by atoms with Gasteiger partial charge in [0.25, 0.3) is 0 Å². The molecule has 0 radical (unpaired) electrons. The van der Waals surface area contributed by atoms with Crippen LogP contribution in [0.2, 0.25) is 0 Å². The van der Waals surface area contributed by atoms with Gasteiger partial charge in [0.2, 0.25) is 5.82 Å². The molecule has 0 amide bonds. The van der Waals surface area contributed by atoms with Crippen molar-refractivity contribution in [3.8, 4) is 0 Å². The Labute approximate surface area is 123 Å². The zero-order valence-corrected chi connectivity index (χ0v) is 12.8. The molecule has 0 bridgehead atoms. The lowest BCUT2D eigenvalue weighted by Gasteiger charge is -2.21. The van der Waals surface area contributed by atoms with E-state index in [9.17, 15) is 13.2 Å². The summed E-state index contributed by atoms with van der Waals surface area (Å²) in [6.45, 7) is 5.77. The van der Waals surface area contributed by atoms with Gasteiger partial charge in [-0.15, -0.1) is 0 Å². The van der Waals surface area contributed by atoms with Crippen LogP contribution in [0.3, 0.4) is 0 Å². The Morgan fingerprint density at radius 3 is 2.71 bits per heavy atom. The smallest absolute Gasteiger partial charge is 0.324 e. The molecule has 21 heavy (non-hydrogen) atoms. The number of alkyl halides is 3. The van der Waals surface area contributed by atoms with E-state index < -0.39 is 12.0 Å². The minimum Gasteiger partial charge on any atom is -0.324 e. The van der Waals surface area contributed by atoms with Gasteiger partial charge in [0.15, 0.2) is 0 Å². The van der Waals surface area contributed by atoms with E-state index in [0.717, 1.165) is 37.9 Å². The Bertz CT molecular complexity index is 465. The van der Waals surface area contributed by atoms with Crippen LogP contribution in [0.1, 0.15) is 56.7 Å². The molecule has 1 N–H and O–H groups in total. The Morgan fingerprint density at radius 1 is 1.33 bits per heavy atom. The van der Waals surface area contributed by atoms with E-state index in [4.69, 9.17) is 0 Å². The number of aromatic nitrogens is 2. The molecule has 0 aromatic carbocycles. The predicted molar refractivity (Wildman–Crippen MR) is 75.9 cm³/mol. The van der Waals surface area contributed by atoms with E-state index in [2.05, 4.69) is 24.1 Å². The van der Waals surface area contributed by atoms with Crippen molar-refractivity contribution in [3.63, 3.8) is 0 Å². The van der Waals surface area contributed by atoms with Crippen molar-refractivity contribution < 1.29 is 13.2 Å². The molecule has 1 aliphatic rings. The maximum atomic E-state index is 13.2. The number of nitrogens with zero attached hydrogens (tertiary/aromatic N) is 2. The van der Waals surface area contributed by atoms with Crippen LogP contribution in [-0.2, 0) is 25.7 Å². The molecule has 2 rings (SSSR count). The first-order chi connectivity index (χ1) is 9.97. The van der Waals surface area contributed by atoms with E-state index >= 15 is 0 Å². The van der Waals surface area contributed by atoms with Gasteiger partial charge in [-0.1, -0.05) is 33.1 Å². The first-order valence-electron chi connectivity index (χ1n) is 7.83. The maximum Gasteiger partial charge on any atom is 0.449 e. The number of halogens is 3. The molecular weight excluding hydrogens is 279 g/mol. The lowest BCUT2D eigenvalue weighted by molar-refractivity contribution is -0.147. The maximum absolute atomic E-state index is 13.2. The van der Waals surface area contributed by atoms with Gasteiger partial charge in [0.05, 0.1) is 5.69 Å². The topological polar surface area (TPSA) is 29.9 Å². The van der Waals surface area contributed by atoms with Crippen molar-refractivity contribution in [3.05, 3.63) is 17.2 Å². The predicted octanol–water partition coefficient (Wildman–Crippen LogP) is 3.76. The Kier molecular flexibility index (Phi) is 5.30. The molecule has 2 heterocycles. The van der Waals surface area contributed by atoms with Crippen LogP contribution >= 0.6 is 0 Å². The average Bonchev–Trinajstić information content (AvgIpc) is 2.82. The number of fused-ring (bicyclic) bond motifs is 1. The van der Waals surface area contributed by atoms with Crippen LogP contribution < -0.4 is 5.32 Å². The van der Waals surface area contributed by atoms with Gasteiger partial charge in [0.1, 0.15) is 0 Å². The van der Waals surface area contributed by atoms with Crippen molar-refractivity contribution in [1.29, 1.82) is 0 Å². The Morgan fingerprint density at radius 2 is 2.10 bits per heavy atom. The number of unbranched alkanes of at least 4 members (excludes halogenated alkanes) is 1. The molecule has 1 unspecified atom stereocenters. The van der Waals surface area contributed by atoms with Crippen molar-refractivity contribution >= 4 is 0 Å². The van der Waals surface area contributed by atoms with Crippen molar-refractivity contribution in [2.75, 3.05) is 6.54 Å².